The first-order chi connectivity index (χ1) is 11.1. The number of rotatable bonds is 4. The Balaban J connectivity index is 1.84. The average Bonchev–Trinajstić information content (AvgIpc) is 3.01. The second-order valence-electron chi connectivity index (χ2n) is 5.09. The van der Waals surface area contributed by atoms with Crippen molar-refractivity contribution in [3.8, 4) is 5.75 Å². The number of amides is 1. The van der Waals surface area contributed by atoms with Crippen LogP contribution in [0.4, 0.5) is 4.39 Å². The Hall–Kier alpha value is -2.47. The molecule has 4 nitrogen and oxygen atoms in total. The molecule has 118 valence electrons. The van der Waals surface area contributed by atoms with Crippen LogP contribution in [0.25, 0.3) is 10.2 Å². The summed E-state index contributed by atoms with van der Waals surface area (Å²) in [4.78, 5) is 16.6. The number of hydrogen-bond donors (Lipinski definition) is 1. The standard InChI is InChI=1S/C17H15FN2O2S/c1-10(16-12(18)4-3-5-14(16)22-2)20-17(21)11-6-7-13-15(8-11)23-9-19-13/h3-10H,1-2H3,(H,20,21). The molecule has 2 aromatic carbocycles. The molecule has 0 aliphatic rings. The molecular weight excluding hydrogens is 315 g/mol. The maximum absolute atomic E-state index is 14.1. The predicted octanol–water partition coefficient (Wildman–Crippen LogP) is 3.94. The number of thiazole rings is 1. The molecule has 0 spiro atoms. The topological polar surface area (TPSA) is 51.2 Å². The maximum atomic E-state index is 14.1. The smallest absolute Gasteiger partial charge is 0.251 e. The van der Waals surface area contributed by atoms with Crippen LogP contribution in [0.15, 0.2) is 41.9 Å². The second-order valence-corrected chi connectivity index (χ2v) is 5.97. The number of carbonyl (C=O) groups excluding carboxylic acids is 1. The van der Waals surface area contributed by atoms with Gasteiger partial charge in [-0.05, 0) is 37.3 Å². The summed E-state index contributed by atoms with van der Waals surface area (Å²) in [6, 6.07) is 9.37. The number of ether oxygens (including phenoxy) is 1. The Morgan fingerprint density at radius 2 is 2.17 bits per heavy atom. The van der Waals surface area contributed by atoms with Crippen molar-refractivity contribution in [1.29, 1.82) is 0 Å². The fraction of sp³-hybridized carbons (Fsp3) is 0.176. The van der Waals surface area contributed by atoms with E-state index in [1.807, 2.05) is 0 Å². The molecule has 0 aliphatic carbocycles. The first-order valence-corrected chi connectivity index (χ1v) is 7.94. The average molecular weight is 330 g/mol. The van der Waals surface area contributed by atoms with E-state index in [9.17, 15) is 9.18 Å². The van der Waals surface area contributed by atoms with Crippen LogP contribution in [0.1, 0.15) is 28.9 Å². The van der Waals surface area contributed by atoms with Gasteiger partial charge in [-0.15, -0.1) is 11.3 Å². The van der Waals surface area contributed by atoms with Crippen LogP contribution >= 0.6 is 11.3 Å². The molecule has 23 heavy (non-hydrogen) atoms. The Morgan fingerprint density at radius 3 is 2.96 bits per heavy atom. The van der Waals surface area contributed by atoms with E-state index in [1.165, 1.54) is 24.5 Å². The van der Waals surface area contributed by atoms with Gasteiger partial charge < -0.3 is 10.1 Å². The highest BCUT2D eigenvalue weighted by atomic mass is 32.1. The number of benzene rings is 2. The van der Waals surface area contributed by atoms with Crippen molar-refractivity contribution >= 4 is 27.5 Å². The summed E-state index contributed by atoms with van der Waals surface area (Å²) in [5.41, 5.74) is 3.45. The molecule has 1 atom stereocenters. The maximum Gasteiger partial charge on any atom is 0.251 e. The lowest BCUT2D eigenvalue weighted by Gasteiger charge is -2.18. The highest BCUT2D eigenvalue weighted by Gasteiger charge is 2.19. The molecule has 0 aliphatic heterocycles. The molecule has 3 rings (SSSR count). The summed E-state index contributed by atoms with van der Waals surface area (Å²) in [7, 11) is 1.48. The van der Waals surface area contributed by atoms with E-state index in [2.05, 4.69) is 10.3 Å². The molecule has 0 fully saturated rings. The van der Waals surface area contributed by atoms with E-state index < -0.39 is 11.9 Å². The molecule has 1 aromatic heterocycles. The third-order valence-corrected chi connectivity index (χ3v) is 4.40. The van der Waals surface area contributed by atoms with E-state index in [-0.39, 0.29) is 5.91 Å². The highest BCUT2D eigenvalue weighted by molar-refractivity contribution is 7.16. The molecule has 6 heteroatoms. The summed E-state index contributed by atoms with van der Waals surface area (Å²) >= 11 is 1.47. The lowest BCUT2D eigenvalue weighted by molar-refractivity contribution is 0.0939. The lowest BCUT2D eigenvalue weighted by atomic mass is 10.1. The fourth-order valence-electron chi connectivity index (χ4n) is 2.46. The van der Waals surface area contributed by atoms with Gasteiger partial charge in [0, 0.05) is 5.56 Å². The molecule has 1 heterocycles. The molecular formula is C17H15FN2O2S. The minimum Gasteiger partial charge on any atom is -0.496 e. The minimum atomic E-state index is -0.518. The molecule has 3 aromatic rings. The van der Waals surface area contributed by atoms with Crippen molar-refractivity contribution in [2.24, 2.45) is 0 Å². The fourth-order valence-corrected chi connectivity index (χ4v) is 3.18. The number of hydrogen-bond acceptors (Lipinski definition) is 4. The highest BCUT2D eigenvalue weighted by Crippen LogP contribution is 2.28. The number of methoxy groups -OCH3 is 1. The van der Waals surface area contributed by atoms with Gasteiger partial charge in [-0.2, -0.15) is 0 Å². The van der Waals surface area contributed by atoms with Crippen LogP contribution in [0.5, 0.6) is 5.75 Å². The predicted molar refractivity (Wildman–Crippen MR) is 88.5 cm³/mol. The Labute approximate surface area is 136 Å². The summed E-state index contributed by atoms with van der Waals surface area (Å²) in [6.07, 6.45) is 0. The normalized spacial score (nSPS) is 12.1. The van der Waals surface area contributed by atoms with Crippen molar-refractivity contribution in [2.45, 2.75) is 13.0 Å². The van der Waals surface area contributed by atoms with Crippen molar-refractivity contribution in [1.82, 2.24) is 10.3 Å². The van der Waals surface area contributed by atoms with Crippen LogP contribution in [-0.2, 0) is 0 Å². The number of fused-ring (bicyclic) bond motifs is 1. The zero-order chi connectivity index (χ0) is 16.4. The van der Waals surface area contributed by atoms with Gasteiger partial charge in [-0.25, -0.2) is 9.37 Å². The van der Waals surface area contributed by atoms with Crippen molar-refractivity contribution in [3.63, 3.8) is 0 Å². The van der Waals surface area contributed by atoms with Gasteiger partial charge in [0.2, 0.25) is 0 Å². The van der Waals surface area contributed by atoms with Gasteiger partial charge >= 0.3 is 0 Å². The number of carbonyl (C=O) groups is 1. The van der Waals surface area contributed by atoms with E-state index >= 15 is 0 Å². The van der Waals surface area contributed by atoms with Crippen LogP contribution in [0.3, 0.4) is 0 Å². The number of nitrogens with one attached hydrogen (secondary N) is 1. The monoisotopic (exact) mass is 330 g/mol. The summed E-state index contributed by atoms with van der Waals surface area (Å²) in [5.74, 6) is -0.260. The molecule has 0 radical (unpaired) electrons. The third kappa shape index (κ3) is 3.03. The van der Waals surface area contributed by atoms with Gasteiger partial charge in [0.25, 0.3) is 5.91 Å². The largest absolute Gasteiger partial charge is 0.496 e. The zero-order valence-electron chi connectivity index (χ0n) is 12.7. The number of nitrogens with zero attached hydrogens (tertiary/aromatic N) is 1. The van der Waals surface area contributed by atoms with Crippen LogP contribution in [-0.4, -0.2) is 18.0 Å². The van der Waals surface area contributed by atoms with E-state index in [0.717, 1.165) is 10.2 Å². The molecule has 0 saturated carbocycles. The summed E-state index contributed by atoms with van der Waals surface area (Å²) in [6.45, 7) is 1.73. The van der Waals surface area contributed by atoms with Crippen molar-refractivity contribution in [2.75, 3.05) is 7.11 Å². The molecule has 1 amide bonds. The Kier molecular flexibility index (Phi) is 4.25. The molecule has 0 saturated heterocycles. The molecule has 1 N–H and O–H groups in total. The molecule has 1 unspecified atom stereocenters. The van der Waals surface area contributed by atoms with Crippen LogP contribution < -0.4 is 10.1 Å². The number of aromatic nitrogens is 1. The van der Waals surface area contributed by atoms with E-state index in [1.54, 1.807) is 42.8 Å². The number of halogens is 1. The Bertz CT molecular complexity index is 863. The first-order valence-electron chi connectivity index (χ1n) is 7.06. The SMILES string of the molecule is COc1cccc(F)c1C(C)NC(=O)c1ccc2ncsc2c1. The third-order valence-electron chi connectivity index (χ3n) is 3.61. The lowest BCUT2D eigenvalue weighted by Crippen LogP contribution is -2.27. The van der Waals surface area contributed by atoms with Crippen molar-refractivity contribution < 1.29 is 13.9 Å². The quantitative estimate of drug-likeness (QED) is 0.788. The Morgan fingerprint density at radius 1 is 1.35 bits per heavy atom. The van der Waals surface area contributed by atoms with Gasteiger partial charge in [-0.1, -0.05) is 6.07 Å². The van der Waals surface area contributed by atoms with Crippen LogP contribution in [0, 0.1) is 5.82 Å². The van der Waals surface area contributed by atoms with E-state index in [4.69, 9.17) is 4.74 Å². The second kappa shape index (κ2) is 6.34. The van der Waals surface area contributed by atoms with Crippen LogP contribution in [0.2, 0.25) is 0 Å². The zero-order valence-corrected chi connectivity index (χ0v) is 13.5. The minimum absolute atomic E-state index is 0.266. The van der Waals surface area contributed by atoms with E-state index in [0.29, 0.717) is 16.9 Å². The van der Waals surface area contributed by atoms with Crippen molar-refractivity contribution in [3.05, 3.63) is 58.9 Å². The first kappa shape index (κ1) is 15.4. The summed E-state index contributed by atoms with van der Waals surface area (Å²) in [5, 5.41) is 2.81. The summed E-state index contributed by atoms with van der Waals surface area (Å²) < 4.78 is 20.2. The molecule has 0 bridgehead atoms. The van der Waals surface area contributed by atoms with Gasteiger partial charge in [0.15, 0.2) is 0 Å². The van der Waals surface area contributed by atoms with Gasteiger partial charge in [-0.3, -0.25) is 4.79 Å². The van der Waals surface area contributed by atoms with Gasteiger partial charge in [0.05, 0.1) is 34.4 Å². The van der Waals surface area contributed by atoms with Gasteiger partial charge in [0.1, 0.15) is 11.6 Å².